The van der Waals surface area contributed by atoms with Gasteiger partial charge in [-0.05, 0) is 50.2 Å². The zero-order valence-electron chi connectivity index (χ0n) is 25.0. The first kappa shape index (κ1) is 26.7. The fraction of sp³-hybridized carbons (Fsp3) is 0.0732. The summed E-state index contributed by atoms with van der Waals surface area (Å²) in [4.78, 5) is 19.1. The van der Waals surface area contributed by atoms with E-state index >= 15 is 0 Å². The number of benzene rings is 6. The Balaban J connectivity index is 1.38. The maximum atomic E-state index is 7.99. The summed E-state index contributed by atoms with van der Waals surface area (Å²) in [5.41, 5.74) is 9.86. The third-order valence-corrected chi connectivity index (χ3v) is 8.96. The highest BCUT2D eigenvalue weighted by Crippen LogP contribution is 2.55. The quantitative estimate of drug-likeness (QED) is 0.196. The van der Waals surface area contributed by atoms with Gasteiger partial charge < -0.3 is 0 Å². The van der Waals surface area contributed by atoms with Crippen molar-refractivity contribution in [2.45, 2.75) is 19.3 Å². The Morgan fingerprint density at radius 2 is 1.09 bits per heavy atom. The van der Waals surface area contributed by atoms with Crippen molar-refractivity contribution in [2.75, 3.05) is 0 Å². The average molecular weight is 577 g/mol. The molecular formula is C41H28N4. The molecule has 0 bridgehead atoms. The molecule has 0 amide bonds. The zero-order chi connectivity index (χ0) is 30.5. The fourth-order valence-electron chi connectivity index (χ4n) is 6.71. The van der Waals surface area contributed by atoms with Gasteiger partial charge in [0.25, 0.3) is 0 Å². The highest BCUT2D eigenvalue weighted by molar-refractivity contribution is 6.00. The molecule has 45 heavy (non-hydrogen) atoms. The molecule has 0 saturated carbocycles. The van der Waals surface area contributed by atoms with Gasteiger partial charge in [0.2, 0.25) is 0 Å². The lowest BCUT2D eigenvalue weighted by Crippen LogP contribution is -2.14. The molecule has 0 fully saturated rings. The topological polar surface area (TPSA) is 43.0 Å². The molecular weight excluding hydrogens is 548 g/mol. The van der Waals surface area contributed by atoms with Crippen molar-refractivity contribution in [3.63, 3.8) is 0 Å². The van der Waals surface area contributed by atoms with E-state index in [2.05, 4.69) is 97.6 Å². The molecule has 1 aliphatic rings. The van der Waals surface area contributed by atoms with E-state index in [1.165, 1.54) is 16.5 Å². The minimum absolute atomic E-state index is 0.229. The molecule has 0 atom stereocenters. The van der Waals surface area contributed by atoms with Crippen molar-refractivity contribution >= 4 is 16.5 Å². The minimum Gasteiger partial charge on any atom is -0.238 e. The van der Waals surface area contributed by atoms with Gasteiger partial charge in [0.15, 0.2) is 23.2 Å². The van der Waals surface area contributed by atoms with Gasteiger partial charge in [0.05, 0.1) is 6.57 Å². The molecule has 0 N–H and O–H groups in total. The Kier molecular flexibility index (Phi) is 6.15. The predicted molar refractivity (Wildman–Crippen MR) is 183 cm³/mol. The van der Waals surface area contributed by atoms with Gasteiger partial charge in [0, 0.05) is 22.1 Å². The van der Waals surface area contributed by atoms with Crippen LogP contribution in [-0.2, 0) is 5.41 Å². The van der Waals surface area contributed by atoms with Gasteiger partial charge in [0.1, 0.15) is 0 Å². The van der Waals surface area contributed by atoms with E-state index in [0.29, 0.717) is 23.2 Å². The maximum Gasteiger partial charge on any atom is 0.195 e. The standard InChI is InChI=1S/C41H28N4/c1-41(2)33-20-11-19-31(36(33)37-34(41)21-12-22-35(37)42-3)30-17-9-10-18-32(30)40-44-38(27-14-5-4-6-15-27)43-39(45-40)29-24-23-26-13-7-8-16-28(26)25-29/h4-25H,1-2H3. The maximum absolute atomic E-state index is 7.99. The van der Waals surface area contributed by atoms with E-state index < -0.39 is 0 Å². The Bertz CT molecular complexity index is 2310. The van der Waals surface area contributed by atoms with Crippen molar-refractivity contribution < 1.29 is 0 Å². The molecule has 0 aliphatic heterocycles. The summed E-state index contributed by atoms with van der Waals surface area (Å²) in [5.74, 6) is 1.86. The van der Waals surface area contributed by atoms with Gasteiger partial charge in [-0.3, -0.25) is 0 Å². The van der Waals surface area contributed by atoms with Crippen molar-refractivity contribution in [1.29, 1.82) is 0 Å². The number of aromatic nitrogens is 3. The second kappa shape index (κ2) is 10.4. The largest absolute Gasteiger partial charge is 0.238 e. The third kappa shape index (κ3) is 4.32. The van der Waals surface area contributed by atoms with Gasteiger partial charge in [-0.2, -0.15) is 0 Å². The van der Waals surface area contributed by atoms with Crippen molar-refractivity contribution in [2.24, 2.45) is 0 Å². The smallest absolute Gasteiger partial charge is 0.195 e. The highest BCUT2D eigenvalue weighted by atomic mass is 15.0. The Labute approximate surface area is 262 Å². The van der Waals surface area contributed by atoms with Crippen LogP contribution in [0.5, 0.6) is 0 Å². The average Bonchev–Trinajstić information content (AvgIpc) is 3.34. The normalized spacial score (nSPS) is 12.8. The van der Waals surface area contributed by atoms with E-state index in [0.717, 1.165) is 44.3 Å². The van der Waals surface area contributed by atoms with Gasteiger partial charge in [-0.1, -0.05) is 141 Å². The number of hydrogen-bond acceptors (Lipinski definition) is 3. The molecule has 212 valence electrons. The molecule has 1 heterocycles. The highest BCUT2D eigenvalue weighted by Gasteiger charge is 2.38. The fourth-order valence-corrected chi connectivity index (χ4v) is 6.71. The van der Waals surface area contributed by atoms with Gasteiger partial charge in [-0.15, -0.1) is 0 Å². The summed E-state index contributed by atoms with van der Waals surface area (Å²) in [6.07, 6.45) is 0. The molecule has 0 radical (unpaired) electrons. The summed E-state index contributed by atoms with van der Waals surface area (Å²) in [6, 6.07) is 45.6. The second-order valence-corrected chi connectivity index (χ2v) is 11.9. The Morgan fingerprint density at radius 1 is 0.489 bits per heavy atom. The number of rotatable bonds is 4. The van der Waals surface area contributed by atoms with E-state index in [4.69, 9.17) is 21.5 Å². The number of fused-ring (bicyclic) bond motifs is 4. The molecule has 0 saturated heterocycles. The van der Waals surface area contributed by atoms with Crippen LogP contribution in [0.3, 0.4) is 0 Å². The van der Waals surface area contributed by atoms with E-state index in [9.17, 15) is 0 Å². The first-order chi connectivity index (χ1) is 22.0. The molecule has 7 aromatic rings. The van der Waals surface area contributed by atoms with Crippen LogP contribution >= 0.6 is 0 Å². The van der Waals surface area contributed by atoms with Crippen molar-refractivity contribution in [1.82, 2.24) is 15.0 Å². The van der Waals surface area contributed by atoms with Crippen molar-refractivity contribution in [3.8, 4) is 56.4 Å². The van der Waals surface area contributed by atoms with E-state index in [-0.39, 0.29) is 5.41 Å². The lowest BCUT2D eigenvalue weighted by Gasteiger charge is -2.22. The minimum atomic E-state index is -0.229. The van der Waals surface area contributed by atoms with Crippen LogP contribution in [-0.4, -0.2) is 15.0 Å². The molecule has 1 aromatic heterocycles. The van der Waals surface area contributed by atoms with Crippen LogP contribution in [0.1, 0.15) is 25.0 Å². The molecule has 6 aromatic carbocycles. The second-order valence-electron chi connectivity index (χ2n) is 11.9. The van der Waals surface area contributed by atoms with Crippen LogP contribution in [0.15, 0.2) is 133 Å². The summed E-state index contributed by atoms with van der Waals surface area (Å²) in [7, 11) is 0. The van der Waals surface area contributed by atoms with Gasteiger partial charge in [-0.25, -0.2) is 19.8 Å². The number of nitrogens with zero attached hydrogens (tertiary/aromatic N) is 4. The lowest BCUT2D eigenvalue weighted by atomic mass is 9.82. The number of hydrogen-bond donors (Lipinski definition) is 0. The Morgan fingerprint density at radius 3 is 1.87 bits per heavy atom. The summed E-state index contributed by atoms with van der Waals surface area (Å²) in [5, 5.41) is 2.31. The Hall–Kier alpha value is -5.92. The first-order valence-corrected chi connectivity index (χ1v) is 15.1. The van der Waals surface area contributed by atoms with Crippen LogP contribution in [0.4, 0.5) is 5.69 Å². The van der Waals surface area contributed by atoms with Crippen LogP contribution in [0.2, 0.25) is 0 Å². The van der Waals surface area contributed by atoms with Crippen LogP contribution < -0.4 is 0 Å². The van der Waals surface area contributed by atoms with Gasteiger partial charge >= 0.3 is 0 Å². The SMILES string of the molecule is [C-]#[N+]c1cccc2c1-c1c(-c3ccccc3-c3nc(-c4ccccc4)nc(-c4ccc5ccccc5c4)n3)cccc1C2(C)C. The summed E-state index contributed by atoms with van der Waals surface area (Å²) in [6.45, 7) is 12.5. The molecule has 0 unspecified atom stereocenters. The molecule has 1 aliphatic carbocycles. The summed E-state index contributed by atoms with van der Waals surface area (Å²) < 4.78 is 0. The van der Waals surface area contributed by atoms with Crippen molar-refractivity contribution in [3.05, 3.63) is 156 Å². The van der Waals surface area contributed by atoms with Crippen LogP contribution in [0, 0.1) is 6.57 Å². The molecule has 0 spiro atoms. The van der Waals surface area contributed by atoms with E-state index in [1.54, 1.807) is 0 Å². The molecule has 4 heteroatoms. The predicted octanol–water partition coefficient (Wildman–Crippen LogP) is 10.5. The third-order valence-electron chi connectivity index (χ3n) is 8.96. The monoisotopic (exact) mass is 576 g/mol. The molecule has 4 nitrogen and oxygen atoms in total. The lowest BCUT2D eigenvalue weighted by molar-refractivity contribution is 0.660. The summed E-state index contributed by atoms with van der Waals surface area (Å²) >= 11 is 0. The zero-order valence-corrected chi connectivity index (χ0v) is 25.0. The molecule has 8 rings (SSSR count). The van der Waals surface area contributed by atoms with Crippen LogP contribution in [0.25, 0.3) is 72.0 Å². The first-order valence-electron chi connectivity index (χ1n) is 15.1. The van der Waals surface area contributed by atoms with E-state index in [1.807, 2.05) is 54.6 Å².